The number of nitrogens with one attached hydrogen (secondary N) is 2. The Balaban J connectivity index is 1.65. The van der Waals surface area contributed by atoms with Crippen LogP contribution in [0.4, 0.5) is 26.3 Å². The molecule has 2 aliphatic carbocycles. The Hall–Kier alpha value is -2.83. The topological polar surface area (TPSA) is 93.7 Å². The van der Waals surface area contributed by atoms with Gasteiger partial charge in [-0.1, -0.05) is 44.9 Å². The van der Waals surface area contributed by atoms with E-state index in [2.05, 4.69) is 5.32 Å². The zero-order valence-electron chi connectivity index (χ0n) is 24.4. The lowest BCUT2D eigenvalue weighted by molar-refractivity contribution is -0.190. The highest BCUT2D eigenvalue weighted by Gasteiger charge is 2.62. The monoisotopic (exact) mass is 622 g/mol. The third-order valence-corrected chi connectivity index (χ3v) is 8.43. The standard InChI is InChI=1S/C30H40F6N2O5/c1-3-10-19-16-22-23(29(31,32)33)17-24(40)43-26(22)21(11-4-2)25(19)42-15-9-8-14-37-27(41)28(38-18-39,30(34,35)36)20-12-6-5-7-13-20/h6,12-13,17-19,21-22,25-26H,3-5,7-11,14-16H2,1-2H3,(H,37,41)(H,38,39). The molecule has 0 aromatic rings. The lowest BCUT2D eigenvalue weighted by atomic mass is 9.65. The first-order chi connectivity index (χ1) is 20.3. The molecule has 0 aromatic heterocycles. The molecule has 43 heavy (non-hydrogen) atoms. The number of carbonyl (C=O) groups excluding carboxylic acids is 3. The second-order valence-electron chi connectivity index (χ2n) is 11.3. The molecular formula is C30H40F6N2O5. The fourth-order valence-corrected chi connectivity index (χ4v) is 6.59. The van der Waals surface area contributed by atoms with Crippen molar-refractivity contribution in [3.8, 4) is 0 Å². The van der Waals surface area contributed by atoms with Crippen molar-refractivity contribution in [2.45, 2.75) is 102 Å². The number of rotatable bonds is 14. The number of amides is 2. The predicted molar refractivity (Wildman–Crippen MR) is 145 cm³/mol. The van der Waals surface area contributed by atoms with Crippen molar-refractivity contribution in [2.75, 3.05) is 13.2 Å². The highest BCUT2D eigenvalue weighted by atomic mass is 19.4. The second-order valence-corrected chi connectivity index (χ2v) is 11.3. The predicted octanol–water partition coefficient (Wildman–Crippen LogP) is 5.86. The number of halogens is 6. The van der Waals surface area contributed by atoms with Gasteiger partial charge in [0.1, 0.15) is 6.10 Å². The molecule has 242 valence electrons. The summed E-state index contributed by atoms with van der Waals surface area (Å²) in [6.07, 6.45) is -2.74. The zero-order valence-corrected chi connectivity index (χ0v) is 24.4. The minimum Gasteiger partial charge on any atom is -0.458 e. The summed E-state index contributed by atoms with van der Waals surface area (Å²) in [6.45, 7) is 3.85. The molecule has 6 unspecified atom stereocenters. The molecule has 0 bridgehead atoms. The molecule has 6 atom stereocenters. The van der Waals surface area contributed by atoms with Gasteiger partial charge in [0, 0.05) is 36.6 Å². The lowest BCUT2D eigenvalue weighted by Crippen LogP contribution is -2.66. The van der Waals surface area contributed by atoms with Crippen LogP contribution in [0, 0.1) is 17.8 Å². The molecule has 1 fully saturated rings. The summed E-state index contributed by atoms with van der Waals surface area (Å²) in [5.41, 5.74) is -4.43. The van der Waals surface area contributed by atoms with Crippen LogP contribution in [-0.2, 0) is 23.9 Å². The molecule has 7 nitrogen and oxygen atoms in total. The van der Waals surface area contributed by atoms with Crippen molar-refractivity contribution in [3.63, 3.8) is 0 Å². The van der Waals surface area contributed by atoms with Crippen LogP contribution < -0.4 is 10.6 Å². The summed E-state index contributed by atoms with van der Waals surface area (Å²) in [5, 5.41) is 3.99. The number of hydrogen-bond donors (Lipinski definition) is 2. The molecule has 3 aliphatic rings. The van der Waals surface area contributed by atoms with Gasteiger partial charge >= 0.3 is 18.3 Å². The molecule has 1 heterocycles. The molecule has 1 aliphatic heterocycles. The van der Waals surface area contributed by atoms with Gasteiger partial charge < -0.3 is 20.1 Å². The smallest absolute Gasteiger partial charge is 0.424 e. The maximum absolute atomic E-state index is 14.2. The van der Waals surface area contributed by atoms with Crippen LogP contribution in [0.15, 0.2) is 35.5 Å². The van der Waals surface area contributed by atoms with E-state index in [4.69, 9.17) is 9.47 Å². The Labute approximate surface area is 247 Å². The van der Waals surface area contributed by atoms with E-state index in [1.807, 2.05) is 13.8 Å². The first-order valence-electron chi connectivity index (χ1n) is 14.9. The molecule has 3 rings (SSSR count). The van der Waals surface area contributed by atoms with Crippen LogP contribution in [0.5, 0.6) is 0 Å². The van der Waals surface area contributed by atoms with Crippen molar-refractivity contribution >= 4 is 18.3 Å². The molecule has 2 N–H and O–H groups in total. The van der Waals surface area contributed by atoms with Gasteiger partial charge in [-0.2, -0.15) is 26.3 Å². The Kier molecular flexibility index (Phi) is 11.9. The number of allylic oxidation sites excluding steroid dienone is 2. The average molecular weight is 623 g/mol. The summed E-state index contributed by atoms with van der Waals surface area (Å²) >= 11 is 0. The average Bonchev–Trinajstić information content (AvgIpc) is 2.94. The van der Waals surface area contributed by atoms with Gasteiger partial charge in [0.05, 0.1) is 6.10 Å². The summed E-state index contributed by atoms with van der Waals surface area (Å²) < 4.78 is 95.8. The molecular weight excluding hydrogens is 582 g/mol. The first-order valence-corrected chi connectivity index (χ1v) is 14.9. The lowest BCUT2D eigenvalue weighted by Gasteiger charge is -2.48. The Morgan fingerprint density at radius 1 is 1.09 bits per heavy atom. The third kappa shape index (κ3) is 7.82. The summed E-state index contributed by atoms with van der Waals surface area (Å²) in [7, 11) is 0. The van der Waals surface area contributed by atoms with Crippen molar-refractivity contribution in [1.29, 1.82) is 0 Å². The van der Waals surface area contributed by atoms with Crippen molar-refractivity contribution in [3.05, 3.63) is 35.5 Å². The highest BCUT2D eigenvalue weighted by molar-refractivity contribution is 5.94. The summed E-state index contributed by atoms with van der Waals surface area (Å²) in [6, 6.07) is 0. The van der Waals surface area contributed by atoms with Gasteiger partial charge in [-0.25, -0.2) is 4.79 Å². The molecule has 0 radical (unpaired) electrons. The Morgan fingerprint density at radius 3 is 2.40 bits per heavy atom. The molecule has 1 saturated carbocycles. The molecule has 0 spiro atoms. The summed E-state index contributed by atoms with van der Waals surface area (Å²) in [5.74, 6) is -4.04. The van der Waals surface area contributed by atoms with E-state index in [1.54, 1.807) is 5.32 Å². The minimum atomic E-state index is -5.10. The molecule has 0 aromatic carbocycles. The number of alkyl halides is 6. The van der Waals surface area contributed by atoms with Gasteiger partial charge in [-0.05, 0) is 56.4 Å². The molecule has 13 heteroatoms. The van der Waals surface area contributed by atoms with Gasteiger partial charge in [0.2, 0.25) is 11.9 Å². The van der Waals surface area contributed by atoms with E-state index in [-0.39, 0.29) is 43.9 Å². The van der Waals surface area contributed by atoms with Crippen LogP contribution >= 0.6 is 0 Å². The normalized spacial score (nSPS) is 27.3. The molecule has 2 amide bonds. The third-order valence-electron chi connectivity index (χ3n) is 8.43. The van der Waals surface area contributed by atoms with Crippen LogP contribution in [0.3, 0.4) is 0 Å². The van der Waals surface area contributed by atoms with Crippen LogP contribution in [0.25, 0.3) is 0 Å². The van der Waals surface area contributed by atoms with Crippen molar-refractivity contribution < 1.29 is 50.2 Å². The highest BCUT2D eigenvalue weighted by Crippen LogP contribution is 2.49. The number of hydrogen-bond acceptors (Lipinski definition) is 5. The van der Waals surface area contributed by atoms with E-state index in [0.717, 1.165) is 6.42 Å². The maximum Gasteiger partial charge on any atom is 0.424 e. The van der Waals surface area contributed by atoms with Gasteiger partial charge in [-0.3, -0.25) is 9.59 Å². The zero-order chi connectivity index (χ0) is 31.8. The van der Waals surface area contributed by atoms with E-state index < -0.39 is 59.4 Å². The van der Waals surface area contributed by atoms with Gasteiger partial charge in [0.15, 0.2) is 0 Å². The fourth-order valence-electron chi connectivity index (χ4n) is 6.59. The summed E-state index contributed by atoms with van der Waals surface area (Å²) in [4.78, 5) is 36.2. The van der Waals surface area contributed by atoms with E-state index in [9.17, 15) is 40.7 Å². The molecule has 0 saturated heterocycles. The van der Waals surface area contributed by atoms with E-state index in [0.29, 0.717) is 44.6 Å². The number of ether oxygens (including phenoxy) is 2. The Bertz CT molecular complexity index is 1090. The van der Waals surface area contributed by atoms with Gasteiger partial charge in [-0.15, -0.1) is 0 Å². The number of esters is 1. The largest absolute Gasteiger partial charge is 0.458 e. The van der Waals surface area contributed by atoms with E-state index >= 15 is 0 Å². The number of fused-ring (bicyclic) bond motifs is 1. The maximum atomic E-state index is 14.2. The van der Waals surface area contributed by atoms with Gasteiger partial charge in [0.25, 0.3) is 5.91 Å². The quantitative estimate of drug-likeness (QED) is 0.110. The minimum absolute atomic E-state index is 0.124. The number of carbonyl (C=O) groups is 3. The first kappa shape index (κ1) is 34.7. The SMILES string of the molecule is CCCC1CC2C(C(F)(F)F)=CC(=O)OC2C(CCC)C1OCCCCNC(=O)C(NC=O)(C1=CCCC=C1)C(F)(F)F. The van der Waals surface area contributed by atoms with Crippen LogP contribution in [0.2, 0.25) is 0 Å². The van der Waals surface area contributed by atoms with Crippen LogP contribution in [0.1, 0.15) is 71.6 Å². The number of unbranched alkanes of at least 4 members (excludes halogenated alkanes) is 1. The second kappa shape index (κ2) is 14.8. The van der Waals surface area contributed by atoms with Crippen molar-refractivity contribution in [1.82, 2.24) is 10.6 Å². The van der Waals surface area contributed by atoms with E-state index in [1.165, 1.54) is 18.2 Å². The fraction of sp³-hybridized carbons (Fsp3) is 0.700. The van der Waals surface area contributed by atoms with Crippen molar-refractivity contribution in [2.24, 2.45) is 17.8 Å². The van der Waals surface area contributed by atoms with Crippen LogP contribution in [-0.4, -0.2) is 61.5 Å². The Morgan fingerprint density at radius 2 is 1.81 bits per heavy atom.